The van der Waals surface area contributed by atoms with E-state index in [1.165, 1.54) is 5.56 Å². The maximum atomic E-state index is 13.2. The summed E-state index contributed by atoms with van der Waals surface area (Å²) in [6, 6.07) is 16.3. The Bertz CT molecular complexity index is 1010. The van der Waals surface area contributed by atoms with Crippen LogP contribution in [0.2, 0.25) is 0 Å². The van der Waals surface area contributed by atoms with E-state index in [9.17, 15) is 9.90 Å². The molecule has 2 aromatic carbocycles. The summed E-state index contributed by atoms with van der Waals surface area (Å²) in [5, 5.41) is 10.4. The van der Waals surface area contributed by atoms with Gasteiger partial charge in [0.25, 0.3) is 0 Å². The van der Waals surface area contributed by atoms with Crippen LogP contribution < -0.4 is 9.47 Å². The van der Waals surface area contributed by atoms with Gasteiger partial charge in [0.2, 0.25) is 12.7 Å². The minimum absolute atomic E-state index is 0.0664. The number of likely N-dealkylation sites (tertiary alicyclic amines) is 1. The van der Waals surface area contributed by atoms with Crippen LogP contribution in [0.1, 0.15) is 17.5 Å². The minimum atomic E-state index is -0.302. The first-order chi connectivity index (χ1) is 15.6. The van der Waals surface area contributed by atoms with E-state index in [-0.39, 0.29) is 30.4 Å². The van der Waals surface area contributed by atoms with E-state index in [0.717, 1.165) is 49.7 Å². The molecule has 4 aliphatic rings. The van der Waals surface area contributed by atoms with Gasteiger partial charge in [-0.25, -0.2) is 0 Å². The normalized spacial score (nSPS) is 26.2. The molecule has 4 aliphatic heterocycles. The number of aliphatic hydroxyl groups is 1. The third-order valence-electron chi connectivity index (χ3n) is 7.35. The zero-order valence-corrected chi connectivity index (χ0v) is 18.2. The maximum Gasteiger partial charge on any atom is 0.231 e. The van der Waals surface area contributed by atoms with Crippen LogP contribution in [0.25, 0.3) is 0 Å². The zero-order valence-electron chi connectivity index (χ0n) is 18.2. The second-order valence-electron chi connectivity index (χ2n) is 9.69. The van der Waals surface area contributed by atoms with Gasteiger partial charge in [-0.05, 0) is 29.7 Å². The Morgan fingerprint density at radius 2 is 1.81 bits per heavy atom. The molecule has 0 aliphatic carbocycles. The van der Waals surface area contributed by atoms with Crippen molar-refractivity contribution in [3.05, 3.63) is 59.7 Å². The Balaban J connectivity index is 1.15. The van der Waals surface area contributed by atoms with Gasteiger partial charge in [-0.3, -0.25) is 14.6 Å². The summed E-state index contributed by atoms with van der Waals surface area (Å²) in [7, 11) is 0. The molecule has 2 atom stereocenters. The Hall–Kier alpha value is -2.61. The molecule has 3 saturated heterocycles. The fourth-order valence-corrected chi connectivity index (χ4v) is 5.96. The number of β-amino-alcohol motifs (C(OH)–C–C–N with tert-alkyl or cyclic N) is 1. The maximum absolute atomic E-state index is 13.2. The molecule has 0 saturated carbocycles. The molecule has 7 nitrogen and oxygen atoms in total. The number of fused-ring (bicyclic) bond motifs is 3. The number of carbonyl (C=O) groups excluding carboxylic acids is 1. The average molecular weight is 436 g/mol. The van der Waals surface area contributed by atoms with Crippen molar-refractivity contribution in [2.24, 2.45) is 0 Å². The molecule has 2 unspecified atom stereocenters. The second kappa shape index (κ2) is 7.76. The summed E-state index contributed by atoms with van der Waals surface area (Å²) >= 11 is 0. The van der Waals surface area contributed by atoms with Crippen LogP contribution in [-0.4, -0.2) is 82.9 Å². The summed E-state index contributed by atoms with van der Waals surface area (Å²) in [4.78, 5) is 20.1. The number of ether oxygens (including phenoxy) is 2. The summed E-state index contributed by atoms with van der Waals surface area (Å²) in [6.45, 7) is 5.10. The van der Waals surface area contributed by atoms with E-state index in [4.69, 9.17) is 9.47 Å². The number of hydrogen-bond donors (Lipinski definition) is 1. The SMILES string of the molecule is O=C(Cc1ccccc1)N1CC2CC(O)CN2C2(CN(Cc3ccc4c(c3)OCO4)C2)C1. The third-order valence-corrected chi connectivity index (χ3v) is 7.35. The molecule has 3 fully saturated rings. The molecule has 7 heteroatoms. The second-order valence-corrected chi connectivity index (χ2v) is 9.69. The van der Waals surface area contributed by atoms with Gasteiger partial charge in [0.05, 0.1) is 18.1 Å². The first kappa shape index (κ1) is 20.0. The Labute approximate surface area is 188 Å². The van der Waals surface area contributed by atoms with Crippen molar-refractivity contribution in [2.75, 3.05) is 39.5 Å². The predicted octanol–water partition coefficient (Wildman–Crippen LogP) is 1.49. The van der Waals surface area contributed by atoms with E-state index in [0.29, 0.717) is 19.5 Å². The Kier molecular flexibility index (Phi) is 4.86. The Morgan fingerprint density at radius 3 is 2.66 bits per heavy atom. The molecule has 1 spiro atoms. The van der Waals surface area contributed by atoms with Crippen LogP contribution in [0, 0.1) is 0 Å². The highest BCUT2D eigenvalue weighted by molar-refractivity contribution is 5.79. The van der Waals surface area contributed by atoms with E-state index in [1.54, 1.807) is 0 Å². The summed E-state index contributed by atoms with van der Waals surface area (Å²) < 4.78 is 10.9. The molecule has 1 N–H and O–H groups in total. The van der Waals surface area contributed by atoms with Gasteiger partial charge in [-0.2, -0.15) is 0 Å². The van der Waals surface area contributed by atoms with Crippen LogP contribution in [0.5, 0.6) is 11.5 Å². The number of nitrogens with zero attached hydrogens (tertiary/aromatic N) is 3. The first-order valence-corrected chi connectivity index (χ1v) is 11.5. The highest BCUT2D eigenvalue weighted by Gasteiger charge is 2.56. The standard InChI is InChI=1S/C25H29N3O4/c29-21-10-20-12-27(24(30)9-18-4-2-1-3-5-18)16-25(28(20)13-21)14-26(15-25)11-19-6-7-22-23(8-19)32-17-31-22/h1-8,20-21,29H,9-17H2. The predicted molar refractivity (Wildman–Crippen MR) is 118 cm³/mol. The molecule has 2 aromatic rings. The highest BCUT2D eigenvalue weighted by Crippen LogP contribution is 2.40. The monoisotopic (exact) mass is 435 g/mol. The number of hydrogen-bond acceptors (Lipinski definition) is 6. The van der Waals surface area contributed by atoms with Gasteiger partial charge in [0.1, 0.15) is 0 Å². The zero-order chi connectivity index (χ0) is 21.7. The smallest absolute Gasteiger partial charge is 0.231 e. The molecule has 0 bridgehead atoms. The minimum Gasteiger partial charge on any atom is -0.454 e. The van der Waals surface area contributed by atoms with Gasteiger partial charge in [0.15, 0.2) is 11.5 Å². The fourth-order valence-electron chi connectivity index (χ4n) is 5.96. The molecule has 4 heterocycles. The molecule has 168 valence electrons. The lowest BCUT2D eigenvalue weighted by Gasteiger charge is -2.61. The van der Waals surface area contributed by atoms with Crippen molar-refractivity contribution in [1.29, 1.82) is 0 Å². The number of aliphatic hydroxyl groups excluding tert-OH is 1. The number of benzene rings is 2. The average Bonchev–Trinajstić information content (AvgIpc) is 3.38. The Morgan fingerprint density at radius 1 is 1.00 bits per heavy atom. The topological polar surface area (TPSA) is 65.5 Å². The van der Waals surface area contributed by atoms with Crippen LogP contribution in [0.3, 0.4) is 0 Å². The fraction of sp³-hybridized carbons (Fsp3) is 0.480. The molecular weight excluding hydrogens is 406 g/mol. The van der Waals surface area contributed by atoms with Crippen LogP contribution in [-0.2, 0) is 17.8 Å². The molecule has 1 amide bonds. The van der Waals surface area contributed by atoms with Crippen LogP contribution in [0.4, 0.5) is 0 Å². The third kappa shape index (κ3) is 3.54. The number of rotatable bonds is 4. The summed E-state index contributed by atoms with van der Waals surface area (Å²) in [5.74, 6) is 1.81. The summed E-state index contributed by atoms with van der Waals surface area (Å²) in [5.41, 5.74) is 2.19. The van der Waals surface area contributed by atoms with Crippen molar-refractivity contribution in [2.45, 2.75) is 37.1 Å². The summed E-state index contributed by atoms with van der Waals surface area (Å²) in [6.07, 6.45) is 0.885. The molecule has 6 rings (SSSR count). The van der Waals surface area contributed by atoms with Crippen molar-refractivity contribution < 1.29 is 19.4 Å². The highest BCUT2D eigenvalue weighted by atomic mass is 16.7. The van der Waals surface area contributed by atoms with Gasteiger partial charge in [0, 0.05) is 45.3 Å². The molecule has 0 aromatic heterocycles. The van der Waals surface area contributed by atoms with Crippen molar-refractivity contribution in [3.8, 4) is 11.5 Å². The van der Waals surface area contributed by atoms with Crippen LogP contribution >= 0.6 is 0 Å². The largest absolute Gasteiger partial charge is 0.454 e. The van der Waals surface area contributed by atoms with Gasteiger partial charge >= 0.3 is 0 Å². The van der Waals surface area contributed by atoms with Gasteiger partial charge < -0.3 is 19.5 Å². The lowest BCUT2D eigenvalue weighted by atomic mass is 9.83. The molecule has 32 heavy (non-hydrogen) atoms. The number of amides is 1. The lowest BCUT2D eigenvalue weighted by Crippen LogP contribution is -2.78. The van der Waals surface area contributed by atoms with E-state index >= 15 is 0 Å². The van der Waals surface area contributed by atoms with Gasteiger partial charge in [-0.15, -0.1) is 0 Å². The van der Waals surface area contributed by atoms with E-state index in [1.807, 2.05) is 41.3 Å². The molecular formula is C25H29N3O4. The first-order valence-electron chi connectivity index (χ1n) is 11.5. The van der Waals surface area contributed by atoms with Crippen molar-refractivity contribution in [3.63, 3.8) is 0 Å². The van der Waals surface area contributed by atoms with Crippen molar-refractivity contribution >= 4 is 5.91 Å². The number of carbonyl (C=O) groups is 1. The van der Waals surface area contributed by atoms with E-state index < -0.39 is 0 Å². The number of piperazine rings is 1. The van der Waals surface area contributed by atoms with E-state index in [2.05, 4.69) is 21.9 Å². The van der Waals surface area contributed by atoms with Crippen molar-refractivity contribution in [1.82, 2.24) is 14.7 Å². The van der Waals surface area contributed by atoms with Gasteiger partial charge in [-0.1, -0.05) is 36.4 Å². The quantitative estimate of drug-likeness (QED) is 0.785. The van der Waals surface area contributed by atoms with Crippen LogP contribution in [0.15, 0.2) is 48.5 Å². The molecule has 0 radical (unpaired) electrons. The lowest BCUT2D eigenvalue weighted by molar-refractivity contribution is -0.150.